The molecule has 5 heteroatoms. The predicted molar refractivity (Wildman–Crippen MR) is 83.9 cm³/mol. The van der Waals surface area contributed by atoms with Crippen molar-refractivity contribution >= 4 is 15.9 Å². The van der Waals surface area contributed by atoms with Gasteiger partial charge in [0.15, 0.2) is 0 Å². The van der Waals surface area contributed by atoms with Crippen molar-refractivity contribution < 1.29 is 4.74 Å². The molecular weight excluding hydrogens is 318 g/mol. The number of benzene rings is 1. The molecule has 1 atom stereocenters. The van der Waals surface area contributed by atoms with Crippen LogP contribution in [0.25, 0.3) is 0 Å². The zero-order chi connectivity index (χ0) is 14.7. The fourth-order valence-corrected chi connectivity index (χ4v) is 2.48. The molecule has 0 spiro atoms. The maximum atomic E-state index is 5.88. The molecular formula is C15H20BrN3O. The monoisotopic (exact) mass is 337 g/mol. The maximum absolute atomic E-state index is 5.88. The summed E-state index contributed by atoms with van der Waals surface area (Å²) in [5.74, 6) is 0.871. The second kappa shape index (κ2) is 6.41. The Morgan fingerprint density at radius 1 is 1.45 bits per heavy atom. The Morgan fingerprint density at radius 3 is 2.80 bits per heavy atom. The van der Waals surface area contributed by atoms with Crippen molar-refractivity contribution in [1.82, 2.24) is 15.1 Å². The maximum Gasteiger partial charge on any atom is 0.131 e. The molecule has 1 heterocycles. The first-order valence-electron chi connectivity index (χ1n) is 6.61. The highest BCUT2D eigenvalue weighted by Gasteiger charge is 2.11. The van der Waals surface area contributed by atoms with Gasteiger partial charge in [0.1, 0.15) is 12.4 Å². The van der Waals surface area contributed by atoms with Crippen LogP contribution in [0, 0.1) is 6.92 Å². The Labute approximate surface area is 128 Å². The van der Waals surface area contributed by atoms with E-state index in [0.29, 0.717) is 12.6 Å². The molecule has 0 aliphatic carbocycles. The van der Waals surface area contributed by atoms with Crippen LogP contribution in [0.1, 0.15) is 29.9 Å². The standard InChI is InChI=1S/C15H20BrN3O/c1-10(17-3)12-6-5-7-13(8-12)20-9-14-15(16)11(2)18-19(14)4/h5-8,10,17H,9H2,1-4H3. The third-order valence-electron chi connectivity index (χ3n) is 3.43. The smallest absolute Gasteiger partial charge is 0.131 e. The van der Waals surface area contributed by atoms with Gasteiger partial charge < -0.3 is 10.1 Å². The third kappa shape index (κ3) is 3.22. The first-order valence-corrected chi connectivity index (χ1v) is 7.40. The summed E-state index contributed by atoms with van der Waals surface area (Å²) in [4.78, 5) is 0. The fraction of sp³-hybridized carbons (Fsp3) is 0.400. The highest BCUT2D eigenvalue weighted by molar-refractivity contribution is 9.10. The lowest BCUT2D eigenvalue weighted by atomic mass is 10.1. The van der Waals surface area contributed by atoms with Crippen molar-refractivity contribution in [3.8, 4) is 5.75 Å². The summed E-state index contributed by atoms with van der Waals surface area (Å²) >= 11 is 3.55. The van der Waals surface area contributed by atoms with E-state index in [0.717, 1.165) is 21.6 Å². The number of aryl methyl sites for hydroxylation is 2. The number of rotatable bonds is 5. The molecule has 0 saturated carbocycles. The number of halogens is 1. The summed E-state index contributed by atoms with van der Waals surface area (Å²) in [7, 11) is 3.88. The molecule has 1 unspecified atom stereocenters. The Bertz CT molecular complexity index is 595. The summed E-state index contributed by atoms with van der Waals surface area (Å²) in [6, 6.07) is 8.46. The van der Waals surface area contributed by atoms with Gasteiger partial charge in [-0.1, -0.05) is 12.1 Å². The number of nitrogens with zero attached hydrogens (tertiary/aromatic N) is 2. The van der Waals surface area contributed by atoms with Crippen LogP contribution < -0.4 is 10.1 Å². The molecule has 0 aliphatic heterocycles. The molecule has 1 aromatic carbocycles. The van der Waals surface area contributed by atoms with Crippen molar-refractivity contribution in [3.05, 3.63) is 45.7 Å². The number of ether oxygens (including phenoxy) is 1. The summed E-state index contributed by atoms with van der Waals surface area (Å²) < 4.78 is 8.74. The molecule has 20 heavy (non-hydrogen) atoms. The Balaban J connectivity index is 2.11. The van der Waals surface area contributed by atoms with Crippen LogP contribution in [-0.4, -0.2) is 16.8 Å². The van der Waals surface area contributed by atoms with Gasteiger partial charge in [0, 0.05) is 13.1 Å². The minimum Gasteiger partial charge on any atom is -0.487 e. The van der Waals surface area contributed by atoms with Crippen molar-refractivity contribution in [1.29, 1.82) is 0 Å². The molecule has 0 fully saturated rings. The Kier molecular flexibility index (Phi) is 4.83. The summed E-state index contributed by atoms with van der Waals surface area (Å²) in [5, 5.41) is 7.59. The van der Waals surface area contributed by atoms with Gasteiger partial charge in [-0.15, -0.1) is 0 Å². The van der Waals surface area contributed by atoms with Gasteiger partial charge in [-0.25, -0.2) is 0 Å². The van der Waals surface area contributed by atoms with E-state index in [-0.39, 0.29) is 0 Å². The summed E-state index contributed by atoms with van der Waals surface area (Å²) in [6.07, 6.45) is 0. The highest BCUT2D eigenvalue weighted by atomic mass is 79.9. The lowest BCUT2D eigenvalue weighted by Gasteiger charge is -2.13. The Hall–Kier alpha value is -1.33. The second-order valence-electron chi connectivity index (χ2n) is 4.84. The first kappa shape index (κ1) is 15.1. The molecule has 0 aliphatic rings. The van der Waals surface area contributed by atoms with E-state index in [4.69, 9.17) is 4.74 Å². The van der Waals surface area contributed by atoms with E-state index in [1.807, 2.05) is 37.8 Å². The third-order valence-corrected chi connectivity index (χ3v) is 4.46. The zero-order valence-corrected chi connectivity index (χ0v) is 13.9. The van der Waals surface area contributed by atoms with Crippen LogP contribution in [0.3, 0.4) is 0 Å². The lowest BCUT2D eigenvalue weighted by molar-refractivity contribution is 0.293. The van der Waals surface area contributed by atoms with Crippen molar-refractivity contribution in [2.45, 2.75) is 26.5 Å². The van der Waals surface area contributed by atoms with Gasteiger partial charge in [0.2, 0.25) is 0 Å². The van der Waals surface area contributed by atoms with E-state index in [2.05, 4.69) is 45.4 Å². The van der Waals surface area contributed by atoms with Gasteiger partial charge >= 0.3 is 0 Å². The lowest BCUT2D eigenvalue weighted by Crippen LogP contribution is -2.12. The van der Waals surface area contributed by atoms with Crippen molar-refractivity contribution in [2.24, 2.45) is 7.05 Å². The van der Waals surface area contributed by atoms with Crippen LogP contribution in [0.5, 0.6) is 5.75 Å². The van der Waals surface area contributed by atoms with E-state index in [9.17, 15) is 0 Å². The van der Waals surface area contributed by atoms with Crippen LogP contribution in [-0.2, 0) is 13.7 Å². The van der Waals surface area contributed by atoms with E-state index in [1.165, 1.54) is 5.56 Å². The quantitative estimate of drug-likeness (QED) is 0.909. The van der Waals surface area contributed by atoms with Crippen LogP contribution in [0.4, 0.5) is 0 Å². The molecule has 4 nitrogen and oxygen atoms in total. The molecule has 0 saturated heterocycles. The topological polar surface area (TPSA) is 39.1 Å². The largest absolute Gasteiger partial charge is 0.487 e. The molecule has 2 rings (SSSR count). The fourth-order valence-electron chi connectivity index (χ4n) is 2.03. The molecule has 0 bridgehead atoms. The van der Waals surface area contributed by atoms with Gasteiger partial charge in [-0.2, -0.15) is 5.10 Å². The van der Waals surface area contributed by atoms with E-state index in [1.54, 1.807) is 0 Å². The van der Waals surface area contributed by atoms with Crippen molar-refractivity contribution in [3.63, 3.8) is 0 Å². The minimum atomic E-state index is 0.309. The minimum absolute atomic E-state index is 0.309. The second-order valence-corrected chi connectivity index (χ2v) is 5.63. The molecule has 0 radical (unpaired) electrons. The Morgan fingerprint density at radius 2 is 2.20 bits per heavy atom. The highest BCUT2D eigenvalue weighted by Crippen LogP contribution is 2.23. The van der Waals surface area contributed by atoms with Crippen LogP contribution >= 0.6 is 15.9 Å². The number of hydrogen-bond donors (Lipinski definition) is 1. The first-order chi connectivity index (χ1) is 9.52. The van der Waals surface area contributed by atoms with Gasteiger partial charge in [-0.05, 0) is 54.5 Å². The average Bonchev–Trinajstić information content (AvgIpc) is 2.69. The van der Waals surface area contributed by atoms with E-state index < -0.39 is 0 Å². The van der Waals surface area contributed by atoms with Gasteiger partial charge in [-0.3, -0.25) is 4.68 Å². The van der Waals surface area contributed by atoms with Gasteiger partial charge in [0.25, 0.3) is 0 Å². The number of aromatic nitrogens is 2. The van der Waals surface area contributed by atoms with Crippen LogP contribution in [0.2, 0.25) is 0 Å². The van der Waals surface area contributed by atoms with E-state index >= 15 is 0 Å². The normalized spacial score (nSPS) is 12.4. The number of nitrogens with one attached hydrogen (secondary N) is 1. The molecule has 2 aromatic rings. The van der Waals surface area contributed by atoms with Gasteiger partial charge in [0.05, 0.1) is 15.9 Å². The number of hydrogen-bond acceptors (Lipinski definition) is 3. The van der Waals surface area contributed by atoms with Crippen molar-refractivity contribution in [2.75, 3.05) is 7.05 Å². The summed E-state index contributed by atoms with van der Waals surface area (Å²) in [6.45, 7) is 4.60. The molecule has 0 amide bonds. The molecule has 1 N–H and O–H groups in total. The zero-order valence-electron chi connectivity index (χ0n) is 12.3. The predicted octanol–water partition coefficient (Wildman–Crippen LogP) is 3.35. The van der Waals surface area contributed by atoms with Crippen LogP contribution in [0.15, 0.2) is 28.7 Å². The summed E-state index contributed by atoms with van der Waals surface area (Å²) in [5.41, 5.74) is 3.23. The SMILES string of the molecule is CNC(C)c1cccc(OCc2c(Br)c(C)nn2C)c1. The molecule has 108 valence electrons. The average molecular weight is 338 g/mol. The molecule has 1 aromatic heterocycles.